The number of aliphatic hydroxyl groups is 1. The normalized spacial score (nSPS) is 14.1. The molecule has 6 N–H and O–H groups in total. The van der Waals surface area contributed by atoms with E-state index in [0.29, 0.717) is 38.6 Å². The molecule has 0 saturated carbocycles. The van der Waals surface area contributed by atoms with Crippen LogP contribution in [0, 0.1) is 5.92 Å². The van der Waals surface area contributed by atoms with Gasteiger partial charge in [0.1, 0.15) is 17.4 Å². The van der Waals surface area contributed by atoms with E-state index in [0.717, 1.165) is 30.5 Å². The molecule has 1 heterocycles. The zero-order chi connectivity index (χ0) is 36.4. The number of imidazole rings is 1. The molecule has 4 atom stereocenters. The third kappa shape index (κ3) is 16.9. The molecular formula is C37H60N6O6. The Bertz CT molecular complexity index is 1260. The maximum atomic E-state index is 14.3. The molecule has 12 heteroatoms. The third-order valence-corrected chi connectivity index (χ3v) is 8.03. The Morgan fingerprint density at radius 1 is 1.00 bits per heavy atom. The Morgan fingerprint density at radius 2 is 1.69 bits per heavy atom. The molecule has 0 aliphatic carbocycles. The van der Waals surface area contributed by atoms with Crippen molar-refractivity contribution in [1.29, 1.82) is 0 Å². The number of carbonyl (C=O) groups excluding carboxylic acids is 4. The van der Waals surface area contributed by atoms with E-state index in [1.165, 1.54) is 6.33 Å². The van der Waals surface area contributed by atoms with Crippen LogP contribution in [0.25, 0.3) is 0 Å². The number of H-pyrrole nitrogens is 1. The van der Waals surface area contributed by atoms with Crippen LogP contribution in [0.5, 0.6) is 0 Å². The van der Waals surface area contributed by atoms with Gasteiger partial charge in [-0.15, -0.1) is 0 Å². The number of ether oxygens (including phenoxy) is 1. The zero-order valence-electron chi connectivity index (χ0n) is 30.4. The van der Waals surface area contributed by atoms with Crippen LogP contribution in [0.2, 0.25) is 0 Å². The highest BCUT2D eigenvalue weighted by molar-refractivity contribution is 5.86. The number of amides is 3. The summed E-state index contributed by atoms with van der Waals surface area (Å²) >= 11 is 0. The number of hydrogen-bond acceptors (Lipinski definition) is 8. The molecule has 12 nitrogen and oxygen atoms in total. The molecule has 2 rings (SSSR count). The second kappa shape index (κ2) is 21.3. The van der Waals surface area contributed by atoms with Crippen molar-refractivity contribution in [3.63, 3.8) is 0 Å². The number of aromatic nitrogens is 2. The number of nitrogens with one attached hydrogen (secondary N) is 3. The maximum absolute atomic E-state index is 14.3. The zero-order valence-corrected chi connectivity index (χ0v) is 30.4. The summed E-state index contributed by atoms with van der Waals surface area (Å²) in [7, 11) is 0. The van der Waals surface area contributed by atoms with E-state index >= 15 is 0 Å². The molecule has 0 saturated heterocycles. The smallest absolute Gasteiger partial charge is 0.408 e. The van der Waals surface area contributed by atoms with E-state index in [1.54, 1.807) is 31.9 Å². The lowest BCUT2D eigenvalue weighted by atomic mass is 9.97. The average molecular weight is 685 g/mol. The predicted octanol–water partition coefficient (Wildman–Crippen LogP) is 4.46. The first-order valence-electron chi connectivity index (χ1n) is 17.7. The van der Waals surface area contributed by atoms with Gasteiger partial charge in [-0.2, -0.15) is 0 Å². The van der Waals surface area contributed by atoms with Crippen molar-refractivity contribution >= 4 is 23.7 Å². The summed E-state index contributed by atoms with van der Waals surface area (Å²) in [5, 5.41) is 17.3. The van der Waals surface area contributed by atoms with Gasteiger partial charge in [-0.1, -0.05) is 63.9 Å². The van der Waals surface area contributed by atoms with E-state index in [-0.39, 0.29) is 37.0 Å². The molecule has 0 spiro atoms. The number of carbonyl (C=O) groups is 4. The van der Waals surface area contributed by atoms with Crippen molar-refractivity contribution in [2.75, 3.05) is 13.1 Å². The highest BCUT2D eigenvalue weighted by Gasteiger charge is 2.32. The number of alkyl carbamates (subject to hydrolysis) is 1. The highest BCUT2D eigenvalue weighted by Crippen LogP contribution is 2.16. The summed E-state index contributed by atoms with van der Waals surface area (Å²) in [6, 6.07) is 6.85. The van der Waals surface area contributed by atoms with Gasteiger partial charge >= 0.3 is 6.09 Å². The van der Waals surface area contributed by atoms with Crippen LogP contribution in [0.15, 0.2) is 42.9 Å². The number of nitrogens with two attached hydrogens (primary N) is 1. The van der Waals surface area contributed by atoms with Crippen LogP contribution in [0.1, 0.15) is 104 Å². The van der Waals surface area contributed by atoms with Gasteiger partial charge in [0.25, 0.3) is 0 Å². The second-order valence-electron chi connectivity index (χ2n) is 14.3. The average Bonchev–Trinajstić information content (AvgIpc) is 3.54. The number of unbranched alkanes of at least 4 members (excludes halogenated alkanes) is 3. The fourth-order valence-electron chi connectivity index (χ4n) is 5.50. The van der Waals surface area contributed by atoms with Crippen LogP contribution < -0.4 is 16.4 Å². The fourth-order valence-corrected chi connectivity index (χ4v) is 5.50. The number of aromatic amines is 1. The molecule has 1 aromatic carbocycles. The van der Waals surface area contributed by atoms with Gasteiger partial charge in [0.05, 0.1) is 24.5 Å². The highest BCUT2D eigenvalue weighted by atomic mass is 16.6. The number of nitrogens with zero attached hydrogens (tertiary/aromatic N) is 2. The molecule has 0 fully saturated rings. The Morgan fingerprint density at radius 3 is 2.31 bits per heavy atom. The van der Waals surface area contributed by atoms with Crippen LogP contribution >= 0.6 is 0 Å². The number of ketones is 1. The molecule has 0 aliphatic heterocycles. The number of Topliss-reactive ketones (excluding diaryl/α,β-unsaturated/α-hetero) is 1. The second-order valence-corrected chi connectivity index (χ2v) is 14.3. The lowest BCUT2D eigenvalue weighted by Crippen LogP contribution is -2.56. The van der Waals surface area contributed by atoms with E-state index in [1.807, 2.05) is 44.2 Å². The molecule has 49 heavy (non-hydrogen) atoms. The van der Waals surface area contributed by atoms with Crippen LogP contribution in [0.3, 0.4) is 0 Å². The molecule has 1 unspecified atom stereocenters. The molecule has 0 bridgehead atoms. The first-order valence-corrected chi connectivity index (χ1v) is 17.7. The van der Waals surface area contributed by atoms with Gasteiger partial charge < -0.3 is 36.1 Å². The monoisotopic (exact) mass is 684 g/mol. The number of aliphatic hydroxyl groups excluding tert-OH is 1. The standard InChI is InChI=1S/C37H60N6O6/c1-7-8-17-29(44)18-13-10-14-19-43(35(47)32(21-27-15-11-9-12-16-27)42-36(48)49-37(4,5)6)24-33(45)31(20-26(2)3)41-34(46)30(38)22-28-23-39-25-40-28/h9,11-12,15-16,23,25-26,30-33,45H,7-8,10,13-14,17-22,24,38H2,1-6H3,(H,39,40)(H,41,46)(H,42,48)/t30-,31-,32-,33?/m0/s1. The summed E-state index contributed by atoms with van der Waals surface area (Å²) in [6.45, 7) is 11.5. The lowest BCUT2D eigenvalue weighted by Gasteiger charge is -2.34. The van der Waals surface area contributed by atoms with E-state index < -0.39 is 41.8 Å². The Labute approximate surface area is 292 Å². The van der Waals surface area contributed by atoms with Gasteiger partial charge in [-0.25, -0.2) is 9.78 Å². The van der Waals surface area contributed by atoms with E-state index in [4.69, 9.17) is 10.5 Å². The quantitative estimate of drug-likeness (QED) is 0.113. The van der Waals surface area contributed by atoms with Crippen LogP contribution in [-0.2, 0) is 32.0 Å². The molecule has 1 aromatic heterocycles. The van der Waals surface area contributed by atoms with Gasteiger partial charge in [-0.3, -0.25) is 14.4 Å². The fraction of sp³-hybridized carbons (Fsp3) is 0.649. The summed E-state index contributed by atoms with van der Waals surface area (Å²) < 4.78 is 5.50. The molecular weight excluding hydrogens is 624 g/mol. The lowest BCUT2D eigenvalue weighted by molar-refractivity contribution is -0.135. The number of rotatable bonds is 22. The summed E-state index contributed by atoms with van der Waals surface area (Å²) in [5.41, 5.74) is 7.00. The van der Waals surface area contributed by atoms with Crippen LogP contribution in [-0.4, -0.2) is 86.6 Å². The van der Waals surface area contributed by atoms with Gasteiger partial charge in [0, 0.05) is 50.7 Å². The van der Waals surface area contributed by atoms with Crippen molar-refractivity contribution in [3.8, 4) is 0 Å². The summed E-state index contributed by atoms with van der Waals surface area (Å²) in [5.74, 6) is -0.428. The van der Waals surface area contributed by atoms with Crippen LogP contribution in [0.4, 0.5) is 4.79 Å². The minimum absolute atomic E-state index is 0.0804. The topological polar surface area (TPSA) is 180 Å². The number of hydrogen-bond donors (Lipinski definition) is 5. The maximum Gasteiger partial charge on any atom is 0.408 e. The predicted molar refractivity (Wildman–Crippen MR) is 191 cm³/mol. The van der Waals surface area contributed by atoms with E-state index in [9.17, 15) is 24.3 Å². The summed E-state index contributed by atoms with van der Waals surface area (Å²) in [4.78, 5) is 61.0. The number of benzene rings is 1. The molecule has 0 radical (unpaired) electrons. The molecule has 2 aromatic rings. The minimum Gasteiger partial charge on any atom is -0.444 e. The van der Waals surface area contributed by atoms with Crippen molar-refractivity contribution in [2.24, 2.45) is 11.7 Å². The van der Waals surface area contributed by atoms with Gasteiger partial charge in [-0.05, 0) is 57.9 Å². The molecule has 0 aliphatic rings. The van der Waals surface area contributed by atoms with Gasteiger partial charge in [0.15, 0.2) is 0 Å². The van der Waals surface area contributed by atoms with Crippen molar-refractivity contribution in [1.82, 2.24) is 25.5 Å². The van der Waals surface area contributed by atoms with Crippen molar-refractivity contribution < 1.29 is 29.0 Å². The largest absolute Gasteiger partial charge is 0.444 e. The summed E-state index contributed by atoms with van der Waals surface area (Å²) in [6.07, 6.45) is 7.16. The Hall–Kier alpha value is -3.77. The first-order chi connectivity index (χ1) is 23.2. The third-order valence-electron chi connectivity index (χ3n) is 8.03. The Kier molecular flexibility index (Phi) is 18.0. The molecule has 274 valence electrons. The SMILES string of the molecule is CCCCC(=O)CCCCCN(CC(O)[C@H](CC(C)C)NC(=O)[C@@H](N)Cc1cnc[nH]1)C(=O)[C@H](Cc1ccccc1)NC(=O)OC(C)(C)C. The van der Waals surface area contributed by atoms with Gasteiger partial charge in [0.2, 0.25) is 11.8 Å². The minimum atomic E-state index is -1.12. The van der Waals surface area contributed by atoms with E-state index in [2.05, 4.69) is 27.5 Å². The molecule has 3 amide bonds. The van der Waals surface area contributed by atoms with Crippen molar-refractivity contribution in [3.05, 3.63) is 54.1 Å². The Balaban J connectivity index is 2.27. The van der Waals surface area contributed by atoms with Crippen molar-refractivity contribution in [2.45, 2.75) is 136 Å². The first kappa shape index (κ1) is 41.4.